The van der Waals surface area contributed by atoms with Gasteiger partial charge in [0.2, 0.25) is 5.91 Å². The summed E-state index contributed by atoms with van der Waals surface area (Å²) in [6, 6.07) is 9.88. The first-order valence-corrected chi connectivity index (χ1v) is 11.2. The number of thiazole rings is 1. The second kappa shape index (κ2) is 7.62. The number of carbonyl (C=O) groups is 1. The number of benzene rings is 2. The minimum atomic E-state index is -4.04. The topological polar surface area (TPSA) is 80.5 Å². The van der Waals surface area contributed by atoms with Crippen LogP contribution in [0, 0.1) is 11.6 Å². The lowest BCUT2D eigenvalue weighted by molar-refractivity contribution is -0.115. The molecule has 0 unspecified atom stereocenters. The molecule has 10 heteroatoms. The number of aromatic nitrogens is 2. The Hall–Kier alpha value is -3.11. The highest BCUT2D eigenvalue weighted by atomic mass is 32.2. The summed E-state index contributed by atoms with van der Waals surface area (Å²) in [5, 5.41) is 2.97. The van der Waals surface area contributed by atoms with Crippen LogP contribution in [0.15, 0.2) is 65.0 Å². The number of imidazole rings is 1. The van der Waals surface area contributed by atoms with Gasteiger partial charge in [-0.05, 0) is 55.5 Å². The highest BCUT2D eigenvalue weighted by Gasteiger charge is 2.31. The molecule has 154 valence electrons. The van der Waals surface area contributed by atoms with E-state index in [1.165, 1.54) is 42.5 Å². The molecule has 2 aromatic heterocycles. The Labute approximate surface area is 174 Å². The van der Waals surface area contributed by atoms with Gasteiger partial charge in [0.15, 0.2) is 14.8 Å². The van der Waals surface area contributed by atoms with Crippen molar-refractivity contribution >= 4 is 37.9 Å². The summed E-state index contributed by atoms with van der Waals surface area (Å²) in [5.41, 5.74) is 0.957. The molecule has 6 nitrogen and oxygen atoms in total. The number of carbonyl (C=O) groups excluding carboxylic acids is 1. The number of halogens is 2. The highest BCUT2D eigenvalue weighted by molar-refractivity contribution is 7.92. The number of fused-ring (bicyclic) bond motifs is 1. The number of nitrogens with zero attached hydrogens (tertiary/aromatic N) is 2. The predicted octanol–water partition coefficient (Wildman–Crippen LogP) is 4.14. The molecule has 0 aliphatic heterocycles. The standard InChI is InChI=1S/C20H15F2N3O3S2/c1-12(30(27,28)16-8-6-15(22)7-9-16)19(26)24-18-17(13-2-4-14(21)5-3-13)23-20-25(18)10-11-29-20/h2-12H,1H3,(H,24,26)/t12-/m1/s1. The number of sulfone groups is 1. The van der Waals surface area contributed by atoms with Crippen LogP contribution in [-0.2, 0) is 14.6 Å². The van der Waals surface area contributed by atoms with Gasteiger partial charge in [-0.3, -0.25) is 9.20 Å². The van der Waals surface area contributed by atoms with Crippen molar-refractivity contribution in [2.45, 2.75) is 17.1 Å². The van der Waals surface area contributed by atoms with E-state index in [1.54, 1.807) is 16.0 Å². The van der Waals surface area contributed by atoms with E-state index < -0.39 is 32.6 Å². The van der Waals surface area contributed by atoms with Gasteiger partial charge in [0.1, 0.15) is 28.4 Å². The van der Waals surface area contributed by atoms with Crippen molar-refractivity contribution in [3.05, 3.63) is 71.7 Å². The van der Waals surface area contributed by atoms with Crippen LogP contribution < -0.4 is 5.32 Å². The molecule has 2 aromatic carbocycles. The molecule has 4 rings (SSSR count). The summed E-state index contributed by atoms with van der Waals surface area (Å²) in [5.74, 6) is -1.47. The van der Waals surface area contributed by atoms with Crippen molar-refractivity contribution < 1.29 is 22.0 Å². The van der Waals surface area contributed by atoms with E-state index in [4.69, 9.17) is 0 Å². The van der Waals surface area contributed by atoms with Crippen molar-refractivity contribution in [2.75, 3.05) is 5.32 Å². The molecule has 1 atom stereocenters. The smallest absolute Gasteiger partial charge is 0.243 e. The fourth-order valence-corrected chi connectivity index (χ4v) is 4.88. The molecule has 0 spiro atoms. The van der Waals surface area contributed by atoms with Crippen LogP contribution in [0.25, 0.3) is 16.2 Å². The third-order valence-corrected chi connectivity index (χ3v) is 7.43. The Morgan fingerprint density at radius 1 is 1.07 bits per heavy atom. The summed E-state index contributed by atoms with van der Waals surface area (Å²) in [6.07, 6.45) is 1.69. The predicted molar refractivity (Wildman–Crippen MR) is 110 cm³/mol. The fraction of sp³-hybridized carbons (Fsp3) is 0.100. The largest absolute Gasteiger partial charge is 0.309 e. The Kier molecular flexibility index (Phi) is 5.12. The van der Waals surface area contributed by atoms with E-state index in [1.807, 2.05) is 0 Å². The maximum absolute atomic E-state index is 13.3. The molecule has 0 radical (unpaired) electrons. The van der Waals surface area contributed by atoms with E-state index in [0.29, 0.717) is 16.2 Å². The quantitative estimate of drug-likeness (QED) is 0.466. The molecule has 0 bridgehead atoms. The average Bonchev–Trinajstić information content (AvgIpc) is 3.31. The van der Waals surface area contributed by atoms with Crippen LogP contribution in [0.1, 0.15) is 6.92 Å². The molecule has 0 fully saturated rings. The Morgan fingerprint density at radius 2 is 1.67 bits per heavy atom. The lowest BCUT2D eigenvalue weighted by Gasteiger charge is -2.14. The van der Waals surface area contributed by atoms with Gasteiger partial charge in [-0.1, -0.05) is 0 Å². The summed E-state index contributed by atoms with van der Waals surface area (Å²) < 4.78 is 53.6. The molecule has 0 aliphatic carbocycles. The van der Waals surface area contributed by atoms with Crippen LogP contribution in [0.2, 0.25) is 0 Å². The summed E-state index contributed by atoms with van der Waals surface area (Å²) >= 11 is 1.33. The molecule has 1 amide bonds. The maximum Gasteiger partial charge on any atom is 0.243 e. The van der Waals surface area contributed by atoms with Gasteiger partial charge < -0.3 is 5.32 Å². The molecule has 0 aliphatic rings. The lowest BCUT2D eigenvalue weighted by Crippen LogP contribution is -2.33. The fourth-order valence-electron chi connectivity index (χ4n) is 2.90. The zero-order chi connectivity index (χ0) is 21.5. The number of nitrogens with one attached hydrogen (secondary N) is 1. The first-order valence-electron chi connectivity index (χ1n) is 8.79. The maximum atomic E-state index is 13.3. The van der Waals surface area contributed by atoms with Gasteiger partial charge in [-0.25, -0.2) is 22.2 Å². The molecule has 0 saturated carbocycles. The normalized spacial score (nSPS) is 12.8. The summed E-state index contributed by atoms with van der Waals surface area (Å²) in [7, 11) is -4.04. The van der Waals surface area contributed by atoms with Crippen LogP contribution in [0.5, 0.6) is 0 Å². The van der Waals surface area contributed by atoms with Gasteiger partial charge >= 0.3 is 0 Å². The van der Waals surface area contributed by atoms with Crippen molar-refractivity contribution in [1.82, 2.24) is 9.38 Å². The number of hydrogen-bond donors (Lipinski definition) is 1. The molecule has 4 aromatic rings. The van der Waals surface area contributed by atoms with Crippen molar-refractivity contribution in [3.63, 3.8) is 0 Å². The second-order valence-corrected chi connectivity index (χ2v) is 9.64. The number of rotatable bonds is 5. The SMILES string of the molecule is C[C@H](C(=O)Nc1c(-c2ccc(F)cc2)nc2sccn12)S(=O)(=O)c1ccc(F)cc1. The van der Waals surface area contributed by atoms with Crippen molar-refractivity contribution in [2.24, 2.45) is 0 Å². The van der Waals surface area contributed by atoms with Gasteiger partial charge in [0, 0.05) is 17.1 Å². The van der Waals surface area contributed by atoms with Crippen LogP contribution in [0.4, 0.5) is 14.6 Å². The molecule has 30 heavy (non-hydrogen) atoms. The third kappa shape index (κ3) is 3.59. The van der Waals surface area contributed by atoms with Crippen LogP contribution in [0.3, 0.4) is 0 Å². The van der Waals surface area contributed by atoms with Gasteiger partial charge in [0.25, 0.3) is 0 Å². The highest BCUT2D eigenvalue weighted by Crippen LogP contribution is 2.31. The number of hydrogen-bond acceptors (Lipinski definition) is 5. The van der Waals surface area contributed by atoms with E-state index >= 15 is 0 Å². The molecule has 1 N–H and O–H groups in total. The summed E-state index contributed by atoms with van der Waals surface area (Å²) in [6.45, 7) is 1.26. The first kappa shape index (κ1) is 20.2. The monoisotopic (exact) mass is 447 g/mol. The second-order valence-electron chi connectivity index (χ2n) is 6.50. The molecular formula is C20H15F2N3O3S2. The van der Waals surface area contributed by atoms with E-state index in [-0.39, 0.29) is 10.7 Å². The third-order valence-electron chi connectivity index (χ3n) is 4.60. The number of amides is 1. The van der Waals surface area contributed by atoms with Crippen LogP contribution >= 0.6 is 11.3 Å². The first-order chi connectivity index (χ1) is 14.3. The van der Waals surface area contributed by atoms with E-state index in [9.17, 15) is 22.0 Å². The molecular weight excluding hydrogens is 432 g/mol. The Balaban J connectivity index is 1.69. The minimum absolute atomic E-state index is 0.153. The Morgan fingerprint density at radius 3 is 2.30 bits per heavy atom. The lowest BCUT2D eigenvalue weighted by atomic mass is 10.1. The van der Waals surface area contributed by atoms with Crippen LogP contribution in [-0.4, -0.2) is 29.0 Å². The average molecular weight is 447 g/mol. The zero-order valence-electron chi connectivity index (χ0n) is 15.5. The minimum Gasteiger partial charge on any atom is -0.309 e. The number of anilines is 1. The zero-order valence-corrected chi connectivity index (χ0v) is 17.2. The van der Waals surface area contributed by atoms with E-state index in [2.05, 4.69) is 10.3 Å². The molecule has 2 heterocycles. The van der Waals surface area contributed by atoms with Gasteiger partial charge in [-0.2, -0.15) is 0 Å². The summed E-state index contributed by atoms with van der Waals surface area (Å²) in [4.78, 5) is 17.7. The molecule has 0 saturated heterocycles. The van der Waals surface area contributed by atoms with Crippen molar-refractivity contribution in [1.29, 1.82) is 0 Å². The van der Waals surface area contributed by atoms with Gasteiger partial charge in [0.05, 0.1) is 4.90 Å². The van der Waals surface area contributed by atoms with E-state index in [0.717, 1.165) is 24.3 Å². The van der Waals surface area contributed by atoms with Gasteiger partial charge in [-0.15, -0.1) is 11.3 Å². The van der Waals surface area contributed by atoms with Crippen molar-refractivity contribution in [3.8, 4) is 11.3 Å². The Bertz CT molecular complexity index is 1330.